The molecule has 0 radical (unpaired) electrons. The zero-order valence-corrected chi connectivity index (χ0v) is 20.2. The lowest BCUT2D eigenvalue weighted by molar-refractivity contribution is 0.0778. The Kier molecular flexibility index (Phi) is 12.9. The Morgan fingerprint density at radius 3 is 2.67 bits per heavy atom. The molecule has 0 amide bonds. The van der Waals surface area contributed by atoms with Gasteiger partial charge in [-0.25, -0.2) is 0 Å². The number of rotatable bonds is 11. The van der Waals surface area contributed by atoms with Crippen molar-refractivity contribution in [1.29, 1.82) is 0 Å². The number of likely N-dealkylation sites (tertiary alicyclic amines) is 1. The average Bonchev–Trinajstić information content (AvgIpc) is 2.60. The number of nitrogens with zero attached hydrogens (tertiary/aromatic N) is 2. The largest absolute Gasteiger partial charge is 0.385 e. The molecule has 5 nitrogen and oxygen atoms in total. The molecule has 1 aliphatic heterocycles. The number of hydrogen-bond donors (Lipinski definition) is 2. The lowest BCUT2D eigenvalue weighted by Crippen LogP contribution is -2.40. The predicted octanol–water partition coefficient (Wildman–Crippen LogP) is 3.88. The van der Waals surface area contributed by atoms with Gasteiger partial charge in [-0.1, -0.05) is 13.3 Å². The van der Waals surface area contributed by atoms with Crippen molar-refractivity contribution in [3.63, 3.8) is 0 Å². The van der Waals surface area contributed by atoms with E-state index in [0.29, 0.717) is 5.41 Å². The molecule has 0 spiro atoms. The number of ether oxygens (including phenoxy) is 1. The van der Waals surface area contributed by atoms with Crippen LogP contribution in [0.1, 0.15) is 65.2 Å². The van der Waals surface area contributed by atoms with Gasteiger partial charge in [-0.15, -0.1) is 24.0 Å². The van der Waals surface area contributed by atoms with Crippen LogP contribution in [0.15, 0.2) is 4.99 Å². The quantitative estimate of drug-likeness (QED) is 0.198. The van der Waals surface area contributed by atoms with Crippen LogP contribution in [-0.4, -0.2) is 63.8 Å². The highest BCUT2D eigenvalue weighted by Crippen LogP contribution is 2.44. The summed E-state index contributed by atoms with van der Waals surface area (Å²) in [5, 5.41) is 6.94. The minimum absolute atomic E-state index is 0. The number of aliphatic imine (C=N–C) groups is 1. The Hall–Kier alpha value is -0.0800. The maximum atomic E-state index is 5.29. The Balaban J connectivity index is 0.00000364. The lowest BCUT2D eigenvalue weighted by atomic mass is 9.67. The molecule has 1 unspecified atom stereocenters. The van der Waals surface area contributed by atoms with Gasteiger partial charge in [0, 0.05) is 39.9 Å². The molecular weight excluding hydrogens is 451 g/mol. The Labute approximate surface area is 184 Å². The number of halogens is 1. The highest BCUT2D eigenvalue weighted by Gasteiger charge is 2.36. The van der Waals surface area contributed by atoms with Crippen molar-refractivity contribution < 1.29 is 4.74 Å². The van der Waals surface area contributed by atoms with Crippen LogP contribution in [-0.2, 0) is 4.74 Å². The molecule has 1 heterocycles. The first-order chi connectivity index (χ1) is 12.7. The first kappa shape index (κ1) is 25.0. The fraction of sp³-hybridized carbons (Fsp3) is 0.952. The first-order valence-electron chi connectivity index (χ1n) is 10.9. The zero-order chi connectivity index (χ0) is 18.7. The van der Waals surface area contributed by atoms with E-state index in [4.69, 9.17) is 9.73 Å². The van der Waals surface area contributed by atoms with Crippen LogP contribution in [0.2, 0.25) is 0 Å². The van der Waals surface area contributed by atoms with Crippen molar-refractivity contribution >= 4 is 29.9 Å². The van der Waals surface area contributed by atoms with E-state index in [0.717, 1.165) is 44.5 Å². The van der Waals surface area contributed by atoms with Crippen molar-refractivity contribution in [3.05, 3.63) is 0 Å². The third-order valence-electron chi connectivity index (χ3n) is 6.10. The highest BCUT2D eigenvalue weighted by molar-refractivity contribution is 14.0. The summed E-state index contributed by atoms with van der Waals surface area (Å²) in [4.78, 5) is 7.53. The summed E-state index contributed by atoms with van der Waals surface area (Å²) in [7, 11) is 1.80. The summed E-state index contributed by atoms with van der Waals surface area (Å²) in [5.41, 5.74) is 0.392. The van der Waals surface area contributed by atoms with Gasteiger partial charge < -0.3 is 20.3 Å². The predicted molar refractivity (Wildman–Crippen MR) is 126 cm³/mol. The fourth-order valence-electron chi connectivity index (χ4n) is 4.23. The van der Waals surface area contributed by atoms with Gasteiger partial charge in [-0.05, 0) is 76.3 Å². The highest BCUT2D eigenvalue weighted by atomic mass is 127. The molecule has 2 rings (SSSR count). The van der Waals surface area contributed by atoms with Gasteiger partial charge in [-0.2, -0.15) is 0 Å². The zero-order valence-electron chi connectivity index (χ0n) is 17.9. The Morgan fingerprint density at radius 2 is 2.04 bits per heavy atom. The normalized spacial score (nSPS) is 22.6. The van der Waals surface area contributed by atoms with E-state index >= 15 is 0 Å². The molecule has 2 fully saturated rings. The summed E-state index contributed by atoms with van der Waals surface area (Å²) in [6.07, 6.45) is 10.4. The Morgan fingerprint density at radius 1 is 1.22 bits per heavy atom. The molecule has 160 valence electrons. The van der Waals surface area contributed by atoms with Crippen molar-refractivity contribution in [2.24, 2.45) is 16.3 Å². The molecule has 1 atom stereocenters. The minimum atomic E-state index is 0. The van der Waals surface area contributed by atoms with Crippen molar-refractivity contribution in [2.75, 3.05) is 53.0 Å². The van der Waals surface area contributed by atoms with Gasteiger partial charge in [0.05, 0.1) is 0 Å². The standard InChI is InChI=1S/C21H42N4O.HI/c1-4-22-20(24-18-21(10-8-11-21)12-16-26-3)23-13-5-6-14-25-15-7-9-19(2)17-25;/h19H,4-18H2,1-3H3,(H2,22,23,24);1H. The molecule has 0 aromatic heterocycles. The number of unbranched alkanes of at least 4 members (excludes halogenated alkanes) is 1. The average molecular weight is 495 g/mol. The lowest BCUT2D eigenvalue weighted by Gasteiger charge is -2.40. The van der Waals surface area contributed by atoms with Crippen molar-refractivity contribution in [3.8, 4) is 0 Å². The topological polar surface area (TPSA) is 48.9 Å². The molecule has 0 aromatic rings. The van der Waals surface area contributed by atoms with Crippen molar-refractivity contribution in [1.82, 2.24) is 15.5 Å². The monoisotopic (exact) mass is 494 g/mol. The number of piperidine rings is 1. The third-order valence-corrected chi connectivity index (χ3v) is 6.10. The Bertz CT molecular complexity index is 415. The molecule has 2 N–H and O–H groups in total. The maximum absolute atomic E-state index is 5.29. The molecule has 0 bridgehead atoms. The molecule has 1 saturated carbocycles. The van der Waals surface area contributed by atoms with E-state index in [1.807, 2.05) is 0 Å². The van der Waals surface area contributed by atoms with Crippen LogP contribution in [0, 0.1) is 11.3 Å². The van der Waals surface area contributed by atoms with Gasteiger partial charge in [0.25, 0.3) is 0 Å². The van der Waals surface area contributed by atoms with Crippen molar-refractivity contribution in [2.45, 2.75) is 65.2 Å². The second kappa shape index (κ2) is 14.0. The van der Waals surface area contributed by atoms with E-state index in [9.17, 15) is 0 Å². The molecular formula is C21H43IN4O. The molecule has 27 heavy (non-hydrogen) atoms. The van der Waals surface area contributed by atoms with E-state index in [1.54, 1.807) is 7.11 Å². The summed E-state index contributed by atoms with van der Waals surface area (Å²) in [5.74, 6) is 1.87. The van der Waals surface area contributed by atoms with Gasteiger partial charge in [0.1, 0.15) is 0 Å². The second-order valence-corrected chi connectivity index (χ2v) is 8.47. The minimum Gasteiger partial charge on any atom is -0.385 e. The smallest absolute Gasteiger partial charge is 0.191 e. The molecule has 0 aromatic carbocycles. The second-order valence-electron chi connectivity index (χ2n) is 8.47. The first-order valence-corrected chi connectivity index (χ1v) is 10.9. The fourth-order valence-corrected chi connectivity index (χ4v) is 4.23. The van der Waals surface area contributed by atoms with Crippen LogP contribution in [0.25, 0.3) is 0 Å². The summed E-state index contributed by atoms with van der Waals surface area (Å²) < 4.78 is 5.29. The molecule has 1 aliphatic carbocycles. The van der Waals surface area contributed by atoms with Crippen LogP contribution >= 0.6 is 24.0 Å². The van der Waals surface area contributed by atoms with Gasteiger partial charge in [0.15, 0.2) is 5.96 Å². The number of hydrogen-bond acceptors (Lipinski definition) is 3. The third kappa shape index (κ3) is 9.31. The summed E-state index contributed by atoms with van der Waals surface area (Å²) in [6.45, 7) is 12.1. The van der Waals surface area contributed by atoms with Gasteiger partial charge in [0.2, 0.25) is 0 Å². The van der Waals surface area contributed by atoms with E-state index in [-0.39, 0.29) is 24.0 Å². The van der Waals surface area contributed by atoms with Crippen LogP contribution in [0.5, 0.6) is 0 Å². The van der Waals surface area contributed by atoms with E-state index in [2.05, 4.69) is 29.4 Å². The van der Waals surface area contributed by atoms with Crippen LogP contribution in [0.3, 0.4) is 0 Å². The van der Waals surface area contributed by atoms with Gasteiger partial charge >= 0.3 is 0 Å². The van der Waals surface area contributed by atoms with Crippen LogP contribution in [0.4, 0.5) is 0 Å². The summed E-state index contributed by atoms with van der Waals surface area (Å²) in [6, 6.07) is 0. The van der Waals surface area contributed by atoms with Gasteiger partial charge in [-0.3, -0.25) is 4.99 Å². The number of methoxy groups -OCH3 is 1. The number of guanidine groups is 1. The van der Waals surface area contributed by atoms with E-state index < -0.39 is 0 Å². The number of nitrogens with one attached hydrogen (secondary N) is 2. The van der Waals surface area contributed by atoms with Crippen LogP contribution < -0.4 is 10.6 Å². The maximum Gasteiger partial charge on any atom is 0.191 e. The molecule has 2 aliphatic rings. The van der Waals surface area contributed by atoms with E-state index in [1.165, 1.54) is 64.6 Å². The molecule has 6 heteroatoms. The summed E-state index contributed by atoms with van der Waals surface area (Å²) >= 11 is 0. The molecule has 1 saturated heterocycles. The SMILES string of the molecule is CCNC(=NCC1(CCOC)CCC1)NCCCCN1CCCC(C)C1.I.